The van der Waals surface area contributed by atoms with E-state index in [4.69, 9.17) is 11.6 Å². The van der Waals surface area contributed by atoms with Gasteiger partial charge in [-0.3, -0.25) is 4.31 Å². The minimum Gasteiger partial charge on any atom is -0.316 e. The Morgan fingerprint density at radius 3 is 2.62 bits per heavy atom. The van der Waals surface area contributed by atoms with Crippen molar-refractivity contribution < 1.29 is 8.42 Å². The average Bonchev–Trinajstić information content (AvgIpc) is 3.18. The van der Waals surface area contributed by atoms with Crippen molar-refractivity contribution in [2.24, 2.45) is 0 Å². The van der Waals surface area contributed by atoms with Crippen LogP contribution >= 0.6 is 11.6 Å². The van der Waals surface area contributed by atoms with E-state index in [0.29, 0.717) is 29.5 Å². The SMILES string of the molecule is CCCCN(c1ccc(Cl)cc1-n1cc(CNC)cn1)S(=O)(=O)c1ccccc1. The minimum absolute atomic E-state index is 0.258. The molecule has 8 heteroatoms. The standard InChI is InChI=1S/C21H25ClN4O2S/c1-3-4-12-26(29(27,28)19-8-6-5-7-9-19)20-11-10-18(22)13-21(20)25-16-17(14-23-2)15-24-25/h5-11,13,15-16,23H,3-4,12,14H2,1-2H3. The van der Waals surface area contributed by atoms with Gasteiger partial charge in [-0.05, 0) is 43.8 Å². The highest BCUT2D eigenvalue weighted by atomic mass is 35.5. The molecule has 1 aromatic heterocycles. The van der Waals surface area contributed by atoms with Gasteiger partial charge in [0.2, 0.25) is 0 Å². The van der Waals surface area contributed by atoms with E-state index in [-0.39, 0.29) is 4.90 Å². The molecule has 1 N–H and O–H groups in total. The van der Waals surface area contributed by atoms with Crippen LogP contribution in [-0.4, -0.2) is 31.8 Å². The molecule has 154 valence electrons. The van der Waals surface area contributed by atoms with Crippen LogP contribution in [0.3, 0.4) is 0 Å². The van der Waals surface area contributed by atoms with Crippen LogP contribution in [-0.2, 0) is 16.6 Å². The Hall–Kier alpha value is -2.35. The van der Waals surface area contributed by atoms with Crippen molar-refractivity contribution in [3.8, 4) is 5.69 Å². The fourth-order valence-corrected chi connectivity index (χ4v) is 4.77. The van der Waals surface area contributed by atoms with E-state index >= 15 is 0 Å². The van der Waals surface area contributed by atoms with Crippen LogP contribution in [0.5, 0.6) is 0 Å². The predicted octanol–water partition coefficient (Wildman–Crippen LogP) is 4.24. The van der Waals surface area contributed by atoms with Gasteiger partial charge in [-0.15, -0.1) is 0 Å². The van der Waals surface area contributed by atoms with Crippen molar-refractivity contribution in [2.75, 3.05) is 17.9 Å². The van der Waals surface area contributed by atoms with Crippen LogP contribution < -0.4 is 9.62 Å². The molecule has 0 amide bonds. The number of rotatable bonds is 9. The highest BCUT2D eigenvalue weighted by molar-refractivity contribution is 7.92. The third-order valence-corrected chi connectivity index (χ3v) is 6.58. The van der Waals surface area contributed by atoms with Gasteiger partial charge in [-0.25, -0.2) is 13.1 Å². The number of benzene rings is 2. The molecule has 0 aliphatic carbocycles. The molecule has 0 unspecified atom stereocenters. The fourth-order valence-electron chi connectivity index (χ4n) is 3.07. The summed E-state index contributed by atoms with van der Waals surface area (Å²) < 4.78 is 30.1. The molecular weight excluding hydrogens is 408 g/mol. The topological polar surface area (TPSA) is 67.2 Å². The maximum absolute atomic E-state index is 13.5. The van der Waals surface area contributed by atoms with Crippen molar-refractivity contribution in [1.82, 2.24) is 15.1 Å². The van der Waals surface area contributed by atoms with Crippen molar-refractivity contribution >= 4 is 27.3 Å². The van der Waals surface area contributed by atoms with E-state index in [9.17, 15) is 8.42 Å². The van der Waals surface area contributed by atoms with Gasteiger partial charge in [0.05, 0.1) is 22.5 Å². The van der Waals surface area contributed by atoms with E-state index in [1.807, 2.05) is 20.2 Å². The lowest BCUT2D eigenvalue weighted by molar-refractivity contribution is 0.588. The molecule has 6 nitrogen and oxygen atoms in total. The molecule has 3 aromatic rings. The van der Waals surface area contributed by atoms with Crippen molar-refractivity contribution in [1.29, 1.82) is 0 Å². The van der Waals surface area contributed by atoms with Crippen molar-refractivity contribution in [2.45, 2.75) is 31.2 Å². The first-order chi connectivity index (χ1) is 14.0. The summed E-state index contributed by atoms with van der Waals surface area (Å²) >= 11 is 6.25. The molecule has 0 aliphatic heterocycles. The Morgan fingerprint density at radius 2 is 1.93 bits per heavy atom. The van der Waals surface area contributed by atoms with E-state index in [1.54, 1.807) is 59.4 Å². The summed E-state index contributed by atoms with van der Waals surface area (Å²) in [4.78, 5) is 0.258. The van der Waals surface area contributed by atoms with E-state index in [1.165, 1.54) is 4.31 Å². The summed E-state index contributed by atoms with van der Waals surface area (Å²) in [5.74, 6) is 0. The molecule has 29 heavy (non-hydrogen) atoms. The van der Waals surface area contributed by atoms with E-state index in [0.717, 1.165) is 18.4 Å². The molecule has 0 atom stereocenters. The monoisotopic (exact) mass is 432 g/mol. The molecule has 2 aromatic carbocycles. The Labute approximate surface area is 177 Å². The second kappa shape index (κ2) is 9.43. The molecule has 1 heterocycles. The molecule has 0 spiro atoms. The van der Waals surface area contributed by atoms with Crippen LogP contribution in [0, 0.1) is 0 Å². The van der Waals surface area contributed by atoms with Crippen molar-refractivity contribution in [3.05, 3.63) is 71.5 Å². The van der Waals surface area contributed by atoms with Gasteiger partial charge in [0.25, 0.3) is 10.0 Å². The number of nitrogens with one attached hydrogen (secondary N) is 1. The van der Waals surface area contributed by atoms with Crippen LogP contribution in [0.4, 0.5) is 5.69 Å². The Balaban J connectivity index is 2.13. The van der Waals surface area contributed by atoms with Crippen LogP contribution in [0.2, 0.25) is 5.02 Å². The predicted molar refractivity (Wildman–Crippen MR) is 117 cm³/mol. The summed E-state index contributed by atoms with van der Waals surface area (Å²) in [5, 5.41) is 8.02. The molecule has 0 fully saturated rings. The fraction of sp³-hybridized carbons (Fsp3) is 0.286. The third-order valence-electron chi connectivity index (χ3n) is 4.52. The quantitative estimate of drug-likeness (QED) is 0.549. The largest absolute Gasteiger partial charge is 0.316 e. The zero-order valence-electron chi connectivity index (χ0n) is 16.5. The number of hydrogen-bond acceptors (Lipinski definition) is 4. The highest BCUT2D eigenvalue weighted by Crippen LogP contribution is 2.32. The van der Waals surface area contributed by atoms with Gasteiger partial charge >= 0.3 is 0 Å². The highest BCUT2D eigenvalue weighted by Gasteiger charge is 2.27. The second-order valence-electron chi connectivity index (χ2n) is 6.70. The lowest BCUT2D eigenvalue weighted by Crippen LogP contribution is -2.33. The molecule has 0 radical (unpaired) electrons. The molecule has 0 saturated carbocycles. The number of halogens is 1. The van der Waals surface area contributed by atoms with E-state index < -0.39 is 10.0 Å². The minimum atomic E-state index is -3.74. The number of hydrogen-bond donors (Lipinski definition) is 1. The molecule has 0 bridgehead atoms. The van der Waals surface area contributed by atoms with Gasteiger partial charge in [0.1, 0.15) is 0 Å². The summed E-state index contributed by atoms with van der Waals surface area (Å²) in [7, 11) is -1.87. The summed E-state index contributed by atoms with van der Waals surface area (Å²) in [6.45, 7) is 3.07. The third kappa shape index (κ3) is 4.80. The van der Waals surface area contributed by atoms with Crippen LogP contribution in [0.1, 0.15) is 25.3 Å². The smallest absolute Gasteiger partial charge is 0.264 e. The molecule has 0 saturated heterocycles. The normalized spacial score (nSPS) is 11.6. The maximum Gasteiger partial charge on any atom is 0.264 e. The van der Waals surface area contributed by atoms with Gasteiger partial charge in [-0.1, -0.05) is 43.1 Å². The zero-order chi connectivity index (χ0) is 20.9. The van der Waals surface area contributed by atoms with Crippen LogP contribution in [0.15, 0.2) is 65.8 Å². The summed E-state index contributed by atoms with van der Waals surface area (Å²) in [5.41, 5.74) is 2.16. The summed E-state index contributed by atoms with van der Waals surface area (Å²) in [6, 6.07) is 13.7. The second-order valence-corrected chi connectivity index (χ2v) is 9.00. The Morgan fingerprint density at radius 1 is 1.17 bits per heavy atom. The molecule has 0 aliphatic rings. The number of sulfonamides is 1. The van der Waals surface area contributed by atoms with Gasteiger partial charge < -0.3 is 5.32 Å². The zero-order valence-corrected chi connectivity index (χ0v) is 18.1. The number of aromatic nitrogens is 2. The van der Waals surface area contributed by atoms with Gasteiger partial charge in [0, 0.05) is 29.9 Å². The van der Waals surface area contributed by atoms with Gasteiger partial charge in [-0.2, -0.15) is 5.10 Å². The first-order valence-electron chi connectivity index (χ1n) is 9.53. The first-order valence-corrected chi connectivity index (χ1v) is 11.3. The lowest BCUT2D eigenvalue weighted by atomic mass is 10.2. The van der Waals surface area contributed by atoms with Crippen LogP contribution in [0.25, 0.3) is 5.69 Å². The molecule has 3 rings (SSSR count). The number of anilines is 1. The van der Waals surface area contributed by atoms with Crippen molar-refractivity contribution in [3.63, 3.8) is 0 Å². The lowest BCUT2D eigenvalue weighted by Gasteiger charge is -2.26. The average molecular weight is 433 g/mol. The number of unbranched alkanes of at least 4 members (excludes halogenated alkanes) is 1. The number of nitrogens with zero attached hydrogens (tertiary/aromatic N) is 3. The Bertz CT molecular complexity index is 1050. The maximum atomic E-state index is 13.5. The van der Waals surface area contributed by atoms with Gasteiger partial charge in [0.15, 0.2) is 0 Å². The summed E-state index contributed by atoms with van der Waals surface area (Å²) in [6.07, 6.45) is 5.23. The molecular formula is C21H25ClN4O2S. The first kappa shape index (κ1) is 21.4. The van der Waals surface area contributed by atoms with E-state index in [2.05, 4.69) is 10.4 Å². The Kier molecular flexibility index (Phi) is 6.95.